The fraction of sp³-hybridized carbons (Fsp3) is 0.115. The maximum atomic E-state index is 13.2. The number of hydrogen-bond donors (Lipinski definition) is 1. The van der Waals surface area contributed by atoms with Crippen LogP contribution < -0.4 is 15.0 Å². The summed E-state index contributed by atoms with van der Waals surface area (Å²) in [6, 6.07) is 15.4. The summed E-state index contributed by atoms with van der Waals surface area (Å²) in [6.45, 7) is 4.06. The Kier molecular flexibility index (Phi) is 7.44. The second kappa shape index (κ2) is 10.4. The van der Waals surface area contributed by atoms with E-state index in [1.165, 1.54) is 6.08 Å². The molecule has 0 saturated carbocycles. The molecule has 0 radical (unpaired) electrons. The molecule has 0 aliphatic carbocycles. The van der Waals surface area contributed by atoms with Gasteiger partial charge in [0.05, 0.1) is 14.6 Å². The Labute approximate surface area is 224 Å². The fourth-order valence-corrected chi connectivity index (χ4v) is 5.25. The van der Waals surface area contributed by atoms with Gasteiger partial charge in [0.2, 0.25) is 0 Å². The first-order valence-electron chi connectivity index (χ1n) is 10.5. The Balaban J connectivity index is 1.62. The van der Waals surface area contributed by atoms with Crippen molar-refractivity contribution in [3.63, 3.8) is 0 Å². The summed E-state index contributed by atoms with van der Waals surface area (Å²) in [5, 5.41) is 2.90. The van der Waals surface area contributed by atoms with E-state index in [0.29, 0.717) is 37.6 Å². The van der Waals surface area contributed by atoms with Crippen LogP contribution >= 0.6 is 43.5 Å². The second-order valence-electron chi connectivity index (χ2n) is 8.03. The number of amides is 4. The standard InChI is InChI=1S/C26H19Br2ClN2O4/c1-14-7-15(2)9-19(8-14)31-25(33)20(24(32)30-26(31)34)10-17-11-21(27)23(22(28)12-17)35-13-16-3-5-18(29)6-4-16/h3-12H,13H2,1-2H3,(H,30,32,34)/b20-10+. The molecule has 0 atom stereocenters. The number of ether oxygens (including phenoxy) is 1. The molecule has 1 saturated heterocycles. The Hall–Kier alpha value is -2.94. The summed E-state index contributed by atoms with van der Waals surface area (Å²) >= 11 is 12.9. The number of hydrogen-bond acceptors (Lipinski definition) is 4. The van der Waals surface area contributed by atoms with E-state index in [0.717, 1.165) is 21.6 Å². The first-order valence-corrected chi connectivity index (χ1v) is 12.4. The van der Waals surface area contributed by atoms with Crippen LogP contribution in [0.2, 0.25) is 5.02 Å². The predicted molar refractivity (Wildman–Crippen MR) is 143 cm³/mol. The third-order valence-electron chi connectivity index (χ3n) is 5.19. The first-order chi connectivity index (χ1) is 16.6. The minimum atomic E-state index is -0.782. The van der Waals surface area contributed by atoms with Crippen LogP contribution in [0.15, 0.2) is 69.1 Å². The van der Waals surface area contributed by atoms with Crippen LogP contribution in [-0.4, -0.2) is 17.8 Å². The van der Waals surface area contributed by atoms with Gasteiger partial charge >= 0.3 is 6.03 Å². The molecular formula is C26H19Br2ClN2O4. The van der Waals surface area contributed by atoms with Crippen LogP contribution in [0.3, 0.4) is 0 Å². The lowest BCUT2D eigenvalue weighted by atomic mass is 10.1. The highest BCUT2D eigenvalue weighted by atomic mass is 79.9. The van der Waals surface area contributed by atoms with Gasteiger partial charge in [0.15, 0.2) is 0 Å². The predicted octanol–water partition coefficient (Wildman–Crippen LogP) is 6.73. The highest BCUT2D eigenvalue weighted by Crippen LogP contribution is 2.36. The molecule has 6 nitrogen and oxygen atoms in total. The molecule has 0 unspecified atom stereocenters. The lowest BCUT2D eigenvalue weighted by Crippen LogP contribution is -2.54. The number of nitrogens with zero attached hydrogens (tertiary/aromatic N) is 1. The largest absolute Gasteiger partial charge is 0.487 e. The van der Waals surface area contributed by atoms with Crippen LogP contribution in [0.4, 0.5) is 10.5 Å². The number of carbonyl (C=O) groups is 3. The molecular weight excluding hydrogens is 600 g/mol. The summed E-state index contributed by atoms with van der Waals surface area (Å²) in [6.07, 6.45) is 1.44. The Morgan fingerprint density at radius 3 is 2.14 bits per heavy atom. The number of halogens is 3. The van der Waals surface area contributed by atoms with Crippen LogP contribution in [0.5, 0.6) is 5.75 Å². The molecule has 35 heavy (non-hydrogen) atoms. The van der Waals surface area contributed by atoms with E-state index >= 15 is 0 Å². The Bertz CT molecular complexity index is 1340. The van der Waals surface area contributed by atoms with E-state index < -0.39 is 17.8 Å². The number of anilines is 1. The Morgan fingerprint density at radius 2 is 1.54 bits per heavy atom. The summed E-state index contributed by atoms with van der Waals surface area (Å²) in [4.78, 5) is 39.2. The zero-order valence-corrected chi connectivity index (χ0v) is 22.6. The van der Waals surface area contributed by atoms with E-state index in [1.54, 1.807) is 36.4 Å². The van der Waals surface area contributed by atoms with Crippen molar-refractivity contribution in [2.24, 2.45) is 0 Å². The van der Waals surface area contributed by atoms with Crippen LogP contribution in [0.1, 0.15) is 22.3 Å². The number of carbonyl (C=O) groups excluding carboxylic acids is 3. The number of imide groups is 2. The van der Waals surface area contributed by atoms with Gasteiger partial charge in [0.1, 0.15) is 17.9 Å². The van der Waals surface area contributed by atoms with Gasteiger partial charge in [-0.15, -0.1) is 0 Å². The van der Waals surface area contributed by atoms with Gasteiger partial charge < -0.3 is 4.74 Å². The lowest BCUT2D eigenvalue weighted by Gasteiger charge is -2.27. The van der Waals surface area contributed by atoms with E-state index in [2.05, 4.69) is 37.2 Å². The van der Waals surface area contributed by atoms with Gasteiger partial charge in [-0.3, -0.25) is 14.9 Å². The molecule has 3 aromatic carbocycles. The summed E-state index contributed by atoms with van der Waals surface area (Å²) in [7, 11) is 0. The number of nitrogens with one attached hydrogen (secondary N) is 1. The van der Waals surface area contributed by atoms with Crippen molar-refractivity contribution in [2.75, 3.05) is 4.90 Å². The van der Waals surface area contributed by atoms with Crippen molar-refractivity contribution in [3.05, 3.63) is 96.4 Å². The monoisotopic (exact) mass is 616 g/mol. The number of urea groups is 1. The highest BCUT2D eigenvalue weighted by molar-refractivity contribution is 9.11. The third kappa shape index (κ3) is 5.66. The van der Waals surface area contributed by atoms with Crippen molar-refractivity contribution < 1.29 is 19.1 Å². The molecule has 4 amide bonds. The van der Waals surface area contributed by atoms with Crippen molar-refractivity contribution in [3.8, 4) is 5.75 Å². The van der Waals surface area contributed by atoms with Gasteiger partial charge in [-0.1, -0.05) is 29.8 Å². The average molecular weight is 619 g/mol. The van der Waals surface area contributed by atoms with Crippen molar-refractivity contribution in [1.82, 2.24) is 5.32 Å². The molecule has 1 heterocycles. The molecule has 178 valence electrons. The molecule has 1 aliphatic heterocycles. The van der Waals surface area contributed by atoms with Crippen LogP contribution in [0.25, 0.3) is 6.08 Å². The zero-order valence-electron chi connectivity index (χ0n) is 18.7. The van der Waals surface area contributed by atoms with Gasteiger partial charge in [-0.25, -0.2) is 9.69 Å². The topological polar surface area (TPSA) is 75.7 Å². The van der Waals surface area contributed by atoms with Crippen molar-refractivity contribution in [2.45, 2.75) is 20.5 Å². The van der Waals surface area contributed by atoms with Crippen LogP contribution in [0, 0.1) is 13.8 Å². The minimum absolute atomic E-state index is 0.155. The second-order valence-corrected chi connectivity index (χ2v) is 10.2. The third-order valence-corrected chi connectivity index (χ3v) is 6.62. The molecule has 1 N–H and O–H groups in total. The highest BCUT2D eigenvalue weighted by Gasteiger charge is 2.37. The molecule has 1 fully saturated rings. The SMILES string of the molecule is Cc1cc(C)cc(N2C(=O)NC(=O)/C(=C\c3cc(Br)c(OCc4ccc(Cl)cc4)c(Br)c3)C2=O)c1. The minimum Gasteiger partial charge on any atom is -0.487 e. The van der Waals surface area contributed by atoms with E-state index in [-0.39, 0.29) is 5.57 Å². The van der Waals surface area contributed by atoms with Crippen molar-refractivity contribution >= 4 is 73.1 Å². The number of benzene rings is 3. The number of rotatable bonds is 5. The number of barbiturate groups is 1. The van der Waals surface area contributed by atoms with Crippen LogP contribution in [-0.2, 0) is 16.2 Å². The molecule has 0 aromatic heterocycles. The van der Waals surface area contributed by atoms with Gasteiger partial charge in [0.25, 0.3) is 11.8 Å². The maximum absolute atomic E-state index is 13.2. The van der Waals surface area contributed by atoms with Gasteiger partial charge in [0, 0.05) is 5.02 Å². The molecule has 4 rings (SSSR count). The van der Waals surface area contributed by atoms with Gasteiger partial charge in [-0.2, -0.15) is 0 Å². The molecule has 1 aliphatic rings. The lowest BCUT2D eigenvalue weighted by molar-refractivity contribution is -0.122. The molecule has 9 heteroatoms. The van der Waals surface area contributed by atoms with E-state index in [1.807, 2.05) is 32.0 Å². The van der Waals surface area contributed by atoms with E-state index in [4.69, 9.17) is 16.3 Å². The maximum Gasteiger partial charge on any atom is 0.335 e. The smallest absolute Gasteiger partial charge is 0.335 e. The number of aryl methyl sites for hydroxylation is 2. The zero-order chi connectivity index (χ0) is 25.3. The molecule has 0 bridgehead atoms. The van der Waals surface area contributed by atoms with Gasteiger partial charge in [-0.05, 0) is 110 Å². The summed E-state index contributed by atoms with van der Waals surface area (Å²) < 4.78 is 7.18. The average Bonchev–Trinajstić information content (AvgIpc) is 2.76. The van der Waals surface area contributed by atoms with E-state index in [9.17, 15) is 14.4 Å². The quantitative estimate of drug-likeness (QED) is 0.254. The normalized spacial score (nSPS) is 14.9. The first kappa shape index (κ1) is 25.2. The summed E-state index contributed by atoms with van der Waals surface area (Å²) in [5.41, 5.74) is 3.54. The molecule has 3 aromatic rings. The Morgan fingerprint density at radius 1 is 0.943 bits per heavy atom. The molecule has 0 spiro atoms. The van der Waals surface area contributed by atoms with Crippen molar-refractivity contribution in [1.29, 1.82) is 0 Å². The summed E-state index contributed by atoms with van der Waals surface area (Å²) in [5.74, 6) is -0.886. The fourth-order valence-electron chi connectivity index (χ4n) is 3.68.